The summed E-state index contributed by atoms with van der Waals surface area (Å²) in [6, 6.07) is 0. The van der Waals surface area contributed by atoms with Gasteiger partial charge in [0, 0.05) is 12.8 Å². The number of halogens is 3. The normalized spacial score (nSPS) is 14.8. The number of hydrogen-bond donors (Lipinski definition) is 0. The van der Waals surface area contributed by atoms with Gasteiger partial charge in [0.15, 0.2) is 0 Å². The molecule has 0 atom stereocenters. The summed E-state index contributed by atoms with van der Waals surface area (Å²) in [4.78, 5) is 3.65. The van der Waals surface area contributed by atoms with Crippen LogP contribution in [-0.2, 0) is 0 Å². The first-order chi connectivity index (χ1) is 6.34. The molecule has 0 amide bonds. The molecule has 0 aromatic rings. The third kappa shape index (κ3) is 3.36. The number of rotatable bonds is 3. The summed E-state index contributed by atoms with van der Waals surface area (Å²) in [7, 11) is 1.36. The number of nitrogens with zero attached hydrogens (tertiary/aromatic N) is 1. The molecule has 0 heterocycles. The van der Waals surface area contributed by atoms with E-state index in [1.165, 1.54) is 7.05 Å². The second kappa shape index (κ2) is 4.98. The highest BCUT2D eigenvalue weighted by molar-refractivity contribution is 6.02. The van der Waals surface area contributed by atoms with Crippen LogP contribution in [0.4, 0.5) is 13.2 Å². The average Bonchev–Trinajstić information content (AvgIpc) is 2.02. The van der Waals surface area contributed by atoms with Gasteiger partial charge in [-0.15, -0.1) is 0 Å². The molecule has 14 heavy (non-hydrogen) atoms. The molecule has 0 saturated heterocycles. The first-order valence-electron chi connectivity index (χ1n) is 4.21. The van der Waals surface area contributed by atoms with Gasteiger partial charge in [-0.1, -0.05) is 26.5 Å². The molecule has 0 aromatic heterocycles. The van der Waals surface area contributed by atoms with Crippen molar-refractivity contribution in [3.05, 3.63) is 24.3 Å². The van der Waals surface area contributed by atoms with Crippen LogP contribution < -0.4 is 0 Å². The second-order valence-corrected chi connectivity index (χ2v) is 3.08. The van der Waals surface area contributed by atoms with Crippen LogP contribution in [0.2, 0.25) is 0 Å². The maximum Gasteiger partial charge on any atom is 0.418 e. The smallest absolute Gasteiger partial charge is 0.292 e. The summed E-state index contributed by atoms with van der Waals surface area (Å²) in [5, 5.41) is 0. The van der Waals surface area contributed by atoms with Gasteiger partial charge in [0.1, 0.15) is 0 Å². The van der Waals surface area contributed by atoms with Crippen LogP contribution in [0.5, 0.6) is 0 Å². The zero-order valence-corrected chi connectivity index (χ0v) is 8.52. The van der Waals surface area contributed by atoms with Crippen molar-refractivity contribution in [1.29, 1.82) is 0 Å². The molecule has 0 rings (SSSR count). The van der Waals surface area contributed by atoms with Gasteiger partial charge in [-0.25, -0.2) is 0 Å². The van der Waals surface area contributed by atoms with E-state index in [0.717, 1.165) is 12.2 Å². The maximum atomic E-state index is 12.5. The fourth-order valence-corrected chi connectivity index (χ4v) is 1.13. The lowest BCUT2D eigenvalue weighted by atomic mass is 9.99. The second-order valence-electron chi connectivity index (χ2n) is 3.08. The topological polar surface area (TPSA) is 12.4 Å². The van der Waals surface area contributed by atoms with E-state index in [2.05, 4.69) is 11.6 Å². The minimum Gasteiger partial charge on any atom is -0.292 e. The van der Waals surface area contributed by atoms with E-state index < -0.39 is 11.7 Å². The molecular formula is C10H14F3N. The lowest BCUT2D eigenvalue weighted by Crippen LogP contribution is -2.23. The number of aliphatic imine (C=N–C) groups is 1. The predicted octanol–water partition coefficient (Wildman–Crippen LogP) is 3.39. The van der Waals surface area contributed by atoms with Crippen LogP contribution >= 0.6 is 0 Å². The Morgan fingerprint density at radius 1 is 1.36 bits per heavy atom. The van der Waals surface area contributed by atoms with Gasteiger partial charge in [-0.2, -0.15) is 13.2 Å². The monoisotopic (exact) mass is 205 g/mol. The van der Waals surface area contributed by atoms with Crippen LogP contribution in [0.1, 0.15) is 13.8 Å². The number of alkyl halides is 3. The van der Waals surface area contributed by atoms with E-state index in [4.69, 9.17) is 0 Å². The van der Waals surface area contributed by atoms with Gasteiger partial charge >= 0.3 is 6.18 Å². The molecule has 0 N–H and O–H groups in total. The maximum absolute atomic E-state index is 12.5. The summed E-state index contributed by atoms with van der Waals surface area (Å²) < 4.78 is 37.5. The molecule has 0 aliphatic heterocycles. The molecule has 0 radical (unpaired) electrons. The van der Waals surface area contributed by atoms with Crippen LogP contribution in [-0.4, -0.2) is 18.9 Å². The van der Waals surface area contributed by atoms with Crippen molar-refractivity contribution in [2.24, 2.45) is 10.9 Å². The van der Waals surface area contributed by atoms with E-state index in [1.807, 2.05) is 0 Å². The fourth-order valence-electron chi connectivity index (χ4n) is 1.13. The van der Waals surface area contributed by atoms with Crippen molar-refractivity contribution in [3.8, 4) is 0 Å². The molecule has 4 heteroatoms. The van der Waals surface area contributed by atoms with Crippen LogP contribution in [0.15, 0.2) is 29.3 Å². The van der Waals surface area contributed by atoms with Crippen molar-refractivity contribution in [3.63, 3.8) is 0 Å². The minimum absolute atomic E-state index is 0.0531. The Kier molecular flexibility index (Phi) is 4.60. The van der Waals surface area contributed by atoms with Gasteiger partial charge < -0.3 is 0 Å². The quantitative estimate of drug-likeness (QED) is 0.494. The largest absolute Gasteiger partial charge is 0.418 e. The molecule has 0 unspecified atom stereocenters. The molecule has 0 fully saturated rings. The lowest BCUT2D eigenvalue weighted by molar-refractivity contribution is -0.0864. The van der Waals surface area contributed by atoms with Crippen molar-refractivity contribution >= 4 is 5.71 Å². The Morgan fingerprint density at radius 2 is 1.86 bits per heavy atom. The molecular weight excluding hydrogens is 191 g/mol. The SMILES string of the molecule is C=C/C=C(\C(=NC)C(C)C)C(F)(F)F. The minimum atomic E-state index is -4.37. The van der Waals surface area contributed by atoms with E-state index in [9.17, 15) is 13.2 Å². The highest BCUT2D eigenvalue weighted by Gasteiger charge is 2.36. The van der Waals surface area contributed by atoms with Gasteiger partial charge in [-0.05, 0) is 12.0 Å². The van der Waals surface area contributed by atoms with Gasteiger partial charge in [0.05, 0.1) is 5.57 Å². The Balaban J connectivity index is 5.23. The Bertz CT molecular complexity index is 259. The predicted molar refractivity (Wildman–Crippen MR) is 52.5 cm³/mol. The van der Waals surface area contributed by atoms with Crippen molar-refractivity contribution < 1.29 is 13.2 Å². The van der Waals surface area contributed by atoms with Crippen molar-refractivity contribution in [1.82, 2.24) is 0 Å². The lowest BCUT2D eigenvalue weighted by Gasteiger charge is -2.16. The van der Waals surface area contributed by atoms with E-state index in [1.54, 1.807) is 13.8 Å². The van der Waals surface area contributed by atoms with Crippen molar-refractivity contribution in [2.45, 2.75) is 20.0 Å². The summed E-state index contributed by atoms with van der Waals surface area (Å²) >= 11 is 0. The zero-order chi connectivity index (χ0) is 11.4. The van der Waals surface area contributed by atoms with Crippen LogP contribution in [0.3, 0.4) is 0 Å². The molecule has 0 aromatic carbocycles. The van der Waals surface area contributed by atoms with Gasteiger partial charge in [0.2, 0.25) is 0 Å². The van der Waals surface area contributed by atoms with Crippen LogP contribution in [0, 0.1) is 5.92 Å². The van der Waals surface area contributed by atoms with Crippen LogP contribution in [0.25, 0.3) is 0 Å². The van der Waals surface area contributed by atoms with E-state index in [0.29, 0.717) is 0 Å². The Morgan fingerprint density at radius 3 is 2.07 bits per heavy atom. The van der Waals surface area contributed by atoms with Gasteiger partial charge in [0.25, 0.3) is 0 Å². The third-order valence-electron chi connectivity index (χ3n) is 1.65. The zero-order valence-electron chi connectivity index (χ0n) is 8.52. The first kappa shape index (κ1) is 12.9. The third-order valence-corrected chi connectivity index (χ3v) is 1.65. The Hall–Kier alpha value is -1.06. The van der Waals surface area contributed by atoms with Crippen molar-refractivity contribution in [2.75, 3.05) is 7.05 Å². The molecule has 0 aliphatic rings. The number of allylic oxidation sites excluding steroid dienone is 3. The van der Waals surface area contributed by atoms with Gasteiger partial charge in [-0.3, -0.25) is 4.99 Å². The summed E-state index contributed by atoms with van der Waals surface area (Å²) in [5.74, 6) is -0.257. The summed E-state index contributed by atoms with van der Waals surface area (Å²) in [6.45, 7) is 6.60. The molecule has 0 saturated carbocycles. The molecule has 0 spiro atoms. The van der Waals surface area contributed by atoms with E-state index in [-0.39, 0.29) is 11.6 Å². The molecule has 0 aliphatic carbocycles. The first-order valence-corrected chi connectivity index (χ1v) is 4.21. The highest BCUT2D eigenvalue weighted by Crippen LogP contribution is 2.29. The molecule has 80 valence electrons. The standard InChI is InChI=1S/C10H14F3N/c1-5-6-8(10(11,12)13)9(14-4)7(2)3/h5-7H,1H2,2-4H3/b8-6+,14-9?. The summed E-state index contributed by atoms with van der Waals surface area (Å²) in [5.41, 5.74) is -0.664. The average molecular weight is 205 g/mol. The van der Waals surface area contributed by atoms with E-state index >= 15 is 0 Å². The molecule has 1 nitrogen and oxygen atoms in total. The fraction of sp³-hybridized carbons (Fsp3) is 0.500. The number of hydrogen-bond acceptors (Lipinski definition) is 1. The summed E-state index contributed by atoms with van der Waals surface area (Å²) in [6.07, 6.45) is -2.30. The Labute approximate surface area is 82.0 Å². The molecule has 0 bridgehead atoms. The highest BCUT2D eigenvalue weighted by atomic mass is 19.4.